The Bertz CT molecular complexity index is 704. The van der Waals surface area contributed by atoms with Crippen LogP contribution >= 0.6 is 0 Å². The maximum Gasteiger partial charge on any atom is 0.231 e. The van der Waals surface area contributed by atoms with Crippen LogP contribution in [0.5, 0.6) is 5.75 Å². The minimum Gasteiger partial charge on any atom is -0.495 e. The first-order valence-electron chi connectivity index (χ1n) is 5.64. The van der Waals surface area contributed by atoms with Crippen molar-refractivity contribution >= 4 is 10.9 Å². The van der Waals surface area contributed by atoms with Gasteiger partial charge >= 0.3 is 0 Å². The minimum absolute atomic E-state index is 0.530. The molecule has 0 aliphatic rings. The molecule has 0 aliphatic heterocycles. The molecule has 2 heterocycles. The average Bonchev–Trinajstić information content (AvgIpc) is 2.84. The summed E-state index contributed by atoms with van der Waals surface area (Å²) >= 11 is 0. The van der Waals surface area contributed by atoms with Gasteiger partial charge in [0.2, 0.25) is 5.89 Å². The Labute approximate surface area is 104 Å². The first kappa shape index (κ1) is 10.8. The minimum atomic E-state index is 0.530. The second-order valence-corrected chi connectivity index (χ2v) is 4.00. The van der Waals surface area contributed by atoms with Crippen molar-refractivity contribution in [2.45, 2.75) is 6.92 Å². The SMILES string of the molecule is COc1c(-c2ncc(C)o2)cnc2ccccc12. The summed E-state index contributed by atoms with van der Waals surface area (Å²) in [6.07, 6.45) is 3.41. The van der Waals surface area contributed by atoms with Crippen LogP contribution in [0.1, 0.15) is 5.76 Å². The summed E-state index contributed by atoms with van der Waals surface area (Å²) < 4.78 is 11.0. The molecule has 2 aromatic heterocycles. The van der Waals surface area contributed by atoms with Crippen molar-refractivity contribution < 1.29 is 9.15 Å². The van der Waals surface area contributed by atoms with Crippen molar-refractivity contribution in [3.63, 3.8) is 0 Å². The normalized spacial score (nSPS) is 10.8. The number of fused-ring (bicyclic) bond motifs is 1. The van der Waals surface area contributed by atoms with Crippen LogP contribution in [-0.4, -0.2) is 17.1 Å². The summed E-state index contributed by atoms with van der Waals surface area (Å²) in [7, 11) is 1.64. The van der Waals surface area contributed by atoms with Gasteiger partial charge in [-0.2, -0.15) is 0 Å². The molecule has 0 aliphatic carbocycles. The number of oxazole rings is 1. The lowest BCUT2D eigenvalue weighted by atomic mass is 10.1. The van der Waals surface area contributed by atoms with Gasteiger partial charge < -0.3 is 9.15 Å². The van der Waals surface area contributed by atoms with Crippen molar-refractivity contribution in [1.29, 1.82) is 0 Å². The highest BCUT2D eigenvalue weighted by Crippen LogP contribution is 2.34. The van der Waals surface area contributed by atoms with E-state index < -0.39 is 0 Å². The standard InChI is InChI=1S/C14H12N2O2/c1-9-7-16-14(18-9)11-8-15-12-6-4-3-5-10(12)13(11)17-2/h3-8H,1-2H3. The van der Waals surface area contributed by atoms with Gasteiger partial charge in [0.15, 0.2) is 0 Å². The van der Waals surface area contributed by atoms with E-state index in [0.717, 1.165) is 28.0 Å². The molecule has 0 radical (unpaired) electrons. The van der Waals surface area contributed by atoms with Crippen molar-refractivity contribution in [2.24, 2.45) is 0 Å². The van der Waals surface area contributed by atoms with Crippen LogP contribution in [-0.2, 0) is 0 Å². The van der Waals surface area contributed by atoms with Gasteiger partial charge in [-0.05, 0) is 19.1 Å². The zero-order chi connectivity index (χ0) is 12.5. The molecule has 18 heavy (non-hydrogen) atoms. The van der Waals surface area contributed by atoms with E-state index in [9.17, 15) is 0 Å². The second kappa shape index (κ2) is 4.14. The number of nitrogens with zero attached hydrogens (tertiary/aromatic N) is 2. The molecule has 0 N–H and O–H groups in total. The molecule has 90 valence electrons. The average molecular weight is 240 g/mol. The quantitative estimate of drug-likeness (QED) is 0.690. The van der Waals surface area contributed by atoms with Crippen molar-refractivity contribution in [3.8, 4) is 17.2 Å². The number of hydrogen-bond donors (Lipinski definition) is 0. The number of pyridine rings is 1. The highest BCUT2D eigenvalue weighted by molar-refractivity contribution is 5.90. The van der Waals surface area contributed by atoms with E-state index >= 15 is 0 Å². The summed E-state index contributed by atoms with van der Waals surface area (Å²) in [4.78, 5) is 8.61. The molecule has 0 bridgehead atoms. The van der Waals surface area contributed by atoms with E-state index in [-0.39, 0.29) is 0 Å². The maximum atomic E-state index is 5.53. The first-order valence-corrected chi connectivity index (χ1v) is 5.64. The Balaban J connectivity index is 2.29. The number of benzene rings is 1. The molecule has 0 spiro atoms. The van der Waals surface area contributed by atoms with Gasteiger partial charge in [-0.25, -0.2) is 4.98 Å². The van der Waals surface area contributed by atoms with Crippen LogP contribution in [0.15, 0.2) is 41.1 Å². The first-order chi connectivity index (χ1) is 8.79. The molecule has 4 heteroatoms. The highest BCUT2D eigenvalue weighted by atomic mass is 16.5. The number of hydrogen-bond acceptors (Lipinski definition) is 4. The number of aryl methyl sites for hydroxylation is 1. The van der Waals surface area contributed by atoms with Crippen molar-refractivity contribution in [2.75, 3.05) is 7.11 Å². The molecule has 3 aromatic rings. The molecule has 0 fully saturated rings. The highest BCUT2D eigenvalue weighted by Gasteiger charge is 2.14. The van der Waals surface area contributed by atoms with Crippen LogP contribution in [0.25, 0.3) is 22.4 Å². The molecule has 0 amide bonds. The lowest BCUT2D eigenvalue weighted by Crippen LogP contribution is -1.92. The molecule has 0 unspecified atom stereocenters. The molecular formula is C14H12N2O2. The van der Waals surface area contributed by atoms with E-state index in [1.165, 1.54) is 0 Å². The molecule has 0 saturated carbocycles. The van der Waals surface area contributed by atoms with E-state index in [1.807, 2.05) is 31.2 Å². The zero-order valence-corrected chi connectivity index (χ0v) is 10.2. The monoisotopic (exact) mass is 240 g/mol. The molecule has 4 nitrogen and oxygen atoms in total. The van der Waals surface area contributed by atoms with Gasteiger partial charge in [0.25, 0.3) is 0 Å². The van der Waals surface area contributed by atoms with E-state index in [1.54, 1.807) is 19.5 Å². The predicted octanol–water partition coefficient (Wildman–Crippen LogP) is 3.21. The molecule has 1 aromatic carbocycles. The van der Waals surface area contributed by atoms with E-state index in [2.05, 4.69) is 9.97 Å². The van der Waals surface area contributed by atoms with Gasteiger partial charge in [0, 0.05) is 11.6 Å². The lowest BCUT2D eigenvalue weighted by Gasteiger charge is -2.08. The number of ether oxygens (including phenoxy) is 1. The van der Waals surface area contributed by atoms with Gasteiger partial charge in [-0.15, -0.1) is 0 Å². The fourth-order valence-electron chi connectivity index (χ4n) is 1.97. The van der Waals surface area contributed by atoms with Gasteiger partial charge in [-0.1, -0.05) is 12.1 Å². The van der Waals surface area contributed by atoms with Crippen LogP contribution < -0.4 is 4.74 Å². The van der Waals surface area contributed by atoms with Crippen LogP contribution in [0, 0.1) is 6.92 Å². The van der Waals surface area contributed by atoms with Gasteiger partial charge in [-0.3, -0.25) is 4.98 Å². The smallest absolute Gasteiger partial charge is 0.231 e. The van der Waals surface area contributed by atoms with Crippen LogP contribution in [0.2, 0.25) is 0 Å². The Morgan fingerprint density at radius 1 is 1.11 bits per heavy atom. The Hall–Kier alpha value is -2.36. The lowest BCUT2D eigenvalue weighted by molar-refractivity contribution is 0.418. The predicted molar refractivity (Wildman–Crippen MR) is 68.5 cm³/mol. The molecule has 0 atom stereocenters. The summed E-state index contributed by atoms with van der Waals surface area (Å²) in [5.74, 6) is 2.03. The maximum absolute atomic E-state index is 5.53. The summed E-state index contributed by atoms with van der Waals surface area (Å²) in [6, 6.07) is 7.82. The van der Waals surface area contributed by atoms with Gasteiger partial charge in [0.1, 0.15) is 11.5 Å². The number of methoxy groups -OCH3 is 1. The topological polar surface area (TPSA) is 48.2 Å². The fourth-order valence-corrected chi connectivity index (χ4v) is 1.97. The molecule has 3 rings (SSSR count). The zero-order valence-electron chi connectivity index (χ0n) is 10.2. The Morgan fingerprint density at radius 2 is 1.94 bits per heavy atom. The third-order valence-electron chi connectivity index (χ3n) is 2.78. The summed E-state index contributed by atoms with van der Waals surface area (Å²) in [5, 5.41) is 0.952. The van der Waals surface area contributed by atoms with Crippen LogP contribution in [0.4, 0.5) is 0 Å². The third-order valence-corrected chi connectivity index (χ3v) is 2.78. The number of rotatable bonds is 2. The van der Waals surface area contributed by atoms with E-state index in [0.29, 0.717) is 5.89 Å². The Morgan fingerprint density at radius 3 is 2.67 bits per heavy atom. The van der Waals surface area contributed by atoms with E-state index in [4.69, 9.17) is 9.15 Å². The number of para-hydroxylation sites is 1. The van der Waals surface area contributed by atoms with Crippen molar-refractivity contribution in [3.05, 3.63) is 42.4 Å². The van der Waals surface area contributed by atoms with Crippen molar-refractivity contribution in [1.82, 2.24) is 9.97 Å². The third kappa shape index (κ3) is 1.62. The second-order valence-electron chi connectivity index (χ2n) is 4.00. The van der Waals surface area contributed by atoms with Crippen LogP contribution in [0.3, 0.4) is 0 Å². The van der Waals surface area contributed by atoms with Gasteiger partial charge in [0.05, 0.1) is 24.4 Å². The Kier molecular flexibility index (Phi) is 2.48. The number of aromatic nitrogens is 2. The fraction of sp³-hybridized carbons (Fsp3) is 0.143. The molecule has 0 saturated heterocycles. The largest absolute Gasteiger partial charge is 0.495 e. The summed E-state index contributed by atoms with van der Waals surface area (Å²) in [5.41, 5.74) is 1.66. The summed E-state index contributed by atoms with van der Waals surface area (Å²) in [6.45, 7) is 1.86. The molecular weight excluding hydrogens is 228 g/mol.